The number of hydrogen-bond acceptors (Lipinski definition) is 6. The first-order valence-electron chi connectivity index (χ1n) is 18.0. The fourth-order valence-corrected chi connectivity index (χ4v) is 6.08. The second-order valence-corrected chi connectivity index (χ2v) is 15.9. The van der Waals surface area contributed by atoms with E-state index in [0.29, 0.717) is 29.6 Å². The van der Waals surface area contributed by atoms with Gasteiger partial charge in [0.25, 0.3) is 0 Å². The van der Waals surface area contributed by atoms with Crippen molar-refractivity contribution in [2.45, 2.75) is 191 Å². The van der Waals surface area contributed by atoms with Gasteiger partial charge in [0.2, 0.25) is 0 Å². The van der Waals surface area contributed by atoms with Crippen LogP contribution in [0.25, 0.3) is 0 Å². The smallest absolute Gasteiger partial charge is 0.306 e. The Labute approximate surface area is 272 Å². The van der Waals surface area contributed by atoms with Crippen LogP contribution >= 0.6 is 0 Å². The van der Waals surface area contributed by atoms with Gasteiger partial charge in [0.05, 0.1) is 0 Å². The van der Waals surface area contributed by atoms with Crippen LogP contribution in [-0.2, 0) is 28.6 Å². The fraction of sp³-hybridized carbons (Fsp3) is 0.921. The van der Waals surface area contributed by atoms with Crippen LogP contribution in [0.4, 0.5) is 0 Å². The molecule has 0 aliphatic rings. The van der Waals surface area contributed by atoms with Gasteiger partial charge in [-0.3, -0.25) is 14.4 Å². The van der Waals surface area contributed by atoms with Crippen molar-refractivity contribution < 1.29 is 28.6 Å². The lowest BCUT2D eigenvalue weighted by molar-refractivity contribution is -0.166. The van der Waals surface area contributed by atoms with E-state index in [1.54, 1.807) is 0 Å². The van der Waals surface area contributed by atoms with Crippen molar-refractivity contribution in [1.82, 2.24) is 0 Å². The second kappa shape index (κ2) is 22.8. The van der Waals surface area contributed by atoms with E-state index in [1.807, 2.05) is 0 Å². The Bertz CT molecular complexity index is 784. The number of hydrogen-bond donors (Lipinski definition) is 0. The van der Waals surface area contributed by atoms with Gasteiger partial charge in [0.15, 0.2) is 6.10 Å². The third-order valence-electron chi connectivity index (χ3n) is 9.06. The summed E-state index contributed by atoms with van der Waals surface area (Å²) < 4.78 is 16.1. The molecule has 0 N–H and O–H groups in total. The van der Waals surface area contributed by atoms with Crippen LogP contribution in [0.3, 0.4) is 0 Å². The van der Waals surface area contributed by atoms with Crippen LogP contribution in [0.2, 0.25) is 0 Å². The summed E-state index contributed by atoms with van der Waals surface area (Å²) in [6.45, 7) is 21.9. The normalized spacial score (nSPS) is 13.8. The van der Waals surface area contributed by atoms with Crippen LogP contribution < -0.4 is 0 Å². The van der Waals surface area contributed by atoms with E-state index >= 15 is 0 Å². The Morgan fingerprint density at radius 3 is 1.64 bits per heavy atom. The summed E-state index contributed by atoms with van der Waals surface area (Å²) in [5, 5.41) is 0. The third kappa shape index (κ3) is 24.7. The monoisotopic (exact) mass is 625 g/mol. The average molecular weight is 625 g/mol. The molecule has 0 saturated heterocycles. The summed E-state index contributed by atoms with van der Waals surface area (Å²) >= 11 is 0. The molecule has 6 heteroatoms. The predicted octanol–water partition coefficient (Wildman–Crippen LogP) is 10.8. The predicted molar refractivity (Wildman–Crippen MR) is 182 cm³/mol. The van der Waals surface area contributed by atoms with Crippen LogP contribution in [0, 0.1) is 22.2 Å². The molecule has 0 aliphatic heterocycles. The van der Waals surface area contributed by atoms with Gasteiger partial charge in [0.1, 0.15) is 13.2 Å². The number of ether oxygens (including phenoxy) is 3. The maximum atomic E-state index is 12.6. The molecule has 44 heavy (non-hydrogen) atoms. The van der Waals surface area contributed by atoms with Gasteiger partial charge in [-0.05, 0) is 73.5 Å². The lowest BCUT2D eigenvalue weighted by atomic mass is 9.74. The molecule has 2 unspecified atom stereocenters. The molecular formula is C38H72O6. The molecule has 0 amide bonds. The van der Waals surface area contributed by atoms with E-state index in [-0.39, 0.29) is 30.6 Å². The van der Waals surface area contributed by atoms with E-state index in [9.17, 15) is 14.4 Å². The Morgan fingerprint density at radius 1 is 0.591 bits per heavy atom. The highest BCUT2D eigenvalue weighted by atomic mass is 16.6. The van der Waals surface area contributed by atoms with Gasteiger partial charge in [-0.1, -0.05) is 114 Å². The minimum absolute atomic E-state index is 0.0984. The van der Waals surface area contributed by atoms with Crippen LogP contribution in [-0.4, -0.2) is 37.2 Å². The summed E-state index contributed by atoms with van der Waals surface area (Å²) in [7, 11) is 0. The number of carbonyl (C=O) groups excluding carboxylic acids is 3. The molecule has 2 atom stereocenters. The maximum absolute atomic E-state index is 12.6. The Balaban J connectivity index is 4.49. The van der Waals surface area contributed by atoms with Crippen LogP contribution in [0.15, 0.2) is 0 Å². The SMILES string of the molecule is CCCCCC(C)(C)CCC(C)(C)CCCC(=O)OC(COC(C)=O)COC(=O)CCCCC(C)CC(C)(C)CCCCC. The molecule has 0 aliphatic carbocycles. The fourth-order valence-electron chi connectivity index (χ4n) is 6.08. The van der Waals surface area contributed by atoms with Gasteiger partial charge in [-0.15, -0.1) is 0 Å². The minimum Gasteiger partial charge on any atom is -0.462 e. The standard InChI is InChI=1S/C38H72O6/c1-11-13-17-23-36(5,6)26-27-37(7,8)25-19-22-35(41)44-33(29-42-32(4)39)30-43-34(40)21-16-15-20-31(3)28-38(9,10)24-18-14-12-2/h31,33H,11-30H2,1-10H3. The Kier molecular flexibility index (Phi) is 22.0. The van der Waals surface area contributed by atoms with E-state index < -0.39 is 12.1 Å². The first kappa shape index (κ1) is 42.4. The maximum Gasteiger partial charge on any atom is 0.306 e. The average Bonchev–Trinajstić information content (AvgIpc) is 2.91. The largest absolute Gasteiger partial charge is 0.462 e. The molecule has 0 aromatic rings. The number of esters is 3. The highest BCUT2D eigenvalue weighted by Crippen LogP contribution is 2.37. The molecule has 6 nitrogen and oxygen atoms in total. The van der Waals surface area contributed by atoms with Gasteiger partial charge in [-0.25, -0.2) is 0 Å². The lowest BCUT2D eigenvalue weighted by Crippen LogP contribution is -2.30. The van der Waals surface area contributed by atoms with Gasteiger partial charge in [0, 0.05) is 19.8 Å². The summed E-state index contributed by atoms with van der Waals surface area (Å²) in [5.41, 5.74) is 0.858. The van der Waals surface area contributed by atoms with Crippen molar-refractivity contribution >= 4 is 17.9 Å². The molecule has 0 aromatic carbocycles. The topological polar surface area (TPSA) is 78.9 Å². The van der Waals surface area contributed by atoms with Gasteiger partial charge < -0.3 is 14.2 Å². The molecule has 0 radical (unpaired) electrons. The summed E-state index contributed by atoms with van der Waals surface area (Å²) in [5.74, 6) is -0.483. The van der Waals surface area contributed by atoms with Crippen molar-refractivity contribution in [2.75, 3.05) is 13.2 Å². The number of carbonyl (C=O) groups is 3. The lowest BCUT2D eigenvalue weighted by Gasteiger charge is -2.31. The molecular weight excluding hydrogens is 552 g/mol. The first-order chi connectivity index (χ1) is 20.5. The van der Waals surface area contributed by atoms with Crippen molar-refractivity contribution in [3.05, 3.63) is 0 Å². The van der Waals surface area contributed by atoms with Gasteiger partial charge in [-0.2, -0.15) is 0 Å². The number of rotatable bonds is 27. The summed E-state index contributed by atoms with van der Waals surface area (Å²) in [4.78, 5) is 36.4. The van der Waals surface area contributed by atoms with E-state index in [1.165, 1.54) is 71.1 Å². The molecule has 260 valence electrons. The quantitative estimate of drug-likeness (QED) is 0.0514. The highest BCUT2D eigenvalue weighted by Gasteiger charge is 2.25. The molecule has 0 fully saturated rings. The summed E-state index contributed by atoms with van der Waals surface area (Å²) in [6.07, 6.45) is 18.1. The first-order valence-corrected chi connectivity index (χ1v) is 18.0. The van der Waals surface area contributed by atoms with Crippen molar-refractivity contribution in [3.63, 3.8) is 0 Å². The zero-order chi connectivity index (χ0) is 33.7. The van der Waals surface area contributed by atoms with Crippen molar-refractivity contribution in [2.24, 2.45) is 22.2 Å². The van der Waals surface area contributed by atoms with E-state index in [0.717, 1.165) is 38.5 Å². The molecule has 0 bridgehead atoms. The molecule has 0 spiro atoms. The van der Waals surface area contributed by atoms with Crippen molar-refractivity contribution in [3.8, 4) is 0 Å². The highest BCUT2D eigenvalue weighted by molar-refractivity contribution is 5.70. The third-order valence-corrected chi connectivity index (χ3v) is 9.06. The minimum atomic E-state index is -0.790. The van der Waals surface area contributed by atoms with E-state index in [2.05, 4.69) is 62.3 Å². The number of unbranched alkanes of at least 4 members (excludes halogenated alkanes) is 5. The molecule has 0 aromatic heterocycles. The molecule has 0 heterocycles. The van der Waals surface area contributed by atoms with E-state index in [4.69, 9.17) is 14.2 Å². The zero-order valence-electron chi connectivity index (χ0n) is 30.7. The molecule has 0 saturated carbocycles. The zero-order valence-corrected chi connectivity index (χ0v) is 30.7. The Hall–Kier alpha value is -1.59. The van der Waals surface area contributed by atoms with Crippen molar-refractivity contribution in [1.29, 1.82) is 0 Å². The second-order valence-electron chi connectivity index (χ2n) is 15.9. The van der Waals surface area contributed by atoms with Crippen LogP contribution in [0.5, 0.6) is 0 Å². The molecule has 0 rings (SSSR count). The van der Waals surface area contributed by atoms with Gasteiger partial charge >= 0.3 is 17.9 Å². The summed E-state index contributed by atoms with van der Waals surface area (Å²) in [6, 6.07) is 0. The Morgan fingerprint density at radius 2 is 1.09 bits per heavy atom. The van der Waals surface area contributed by atoms with Crippen LogP contribution in [0.1, 0.15) is 185 Å².